The molecule has 9 heteroatoms. The summed E-state index contributed by atoms with van der Waals surface area (Å²) in [6, 6.07) is 13.0. The molecule has 8 nitrogen and oxygen atoms in total. The molecule has 160 valence electrons. The zero-order chi connectivity index (χ0) is 22.0. The van der Waals surface area contributed by atoms with Crippen molar-refractivity contribution in [3.05, 3.63) is 77.2 Å². The van der Waals surface area contributed by atoms with Crippen LogP contribution in [-0.4, -0.2) is 37.5 Å². The molecule has 0 spiro atoms. The van der Waals surface area contributed by atoms with Crippen molar-refractivity contribution in [1.29, 1.82) is 0 Å². The van der Waals surface area contributed by atoms with Gasteiger partial charge in [0.2, 0.25) is 11.9 Å². The Bertz CT molecular complexity index is 1100. The van der Waals surface area contributed by atoms with Crippen molar-refractivity contribution in [3.63, 3.8) is 0 Å². The second-order valence-electron chi connectivity index (χ2n) is 7.28. The number of nitrogens with zero attached hydrogens (tertiary/aromatic N) is 3. The summed E-state index contributed by atoms with van der Waals surface area (Å²) < 4.78 is 1.67. The van der Waals surface area contributed by atoms with Gasteiger partial charge in [-0.1, -0.05) is 30.3 Å². The van der Waals surface area contributed by atoms with Crippen molar-refractivity contribution in [3.8, 4) is 5.75 Å². The van der Waals surface area contributed by atoms with Crippen LogP contribution in [-0.2, 0) is 11.2 Å². The van der Waals surface area contributed by atoms with Crippen molar-refractivity contribution in [2.24, 2.45) is 5.92 Å². The number of aryl methyl sites for hydroxylation is 1. The number of amides is 1. The monoisotopic (exact) mass is 439 g/mol. The lowest BCUT2D eigenvalue weighted by Gasteiger charge is -2.33. The summed E-state index contributed by atoms with van der Waals surface area (Å²) in [5.74, 6) is 0.204. The first-order valence-corrected chi connectivity index (χ1v) is 10.2. The number of phenols is 1. The molecule has 2 atom stereocenters. The molecule has 0 bridgehead atoms. The number of nitrogens with one attached hydrogen (secondary N) is 2. The maximum Gasteiger partial charge on any atom is 0.235 e. The van der Waals surface area contributed by atoms with Crippen LogP contribution in [0.2, 0.25) is 5.02 Å². The summed E-state index contributed by atoms with van der Waals surface area (Å²) in [6.07, 6.45) is 1.04. The molecule has 1 amide bonds. The fourth-order valence-corrected chi connectivity index (χ4v) is 3.73. The Hall–Kier alpha value is -3.36. The van der Waals surface area contributed by atoms with E-state index in [0.29, 0.717) is 41.0 Å². The van der Waals surface area contributed by atoms with Crippen molar-refractivity contribution >= 4 is 29.1 Å². The standard InChI is InChI=1S/C22H22ClN5O3/c1-13-19(21(31)25-16-8-6-15(23)7-9-16)20(14-4-10-17(30)11-5-14)28-22(24-13)26-18(27-28)3-2-12-29/h4-11,19-20,29-30H,1-3,12H2,(H,25,31)(H,24,26,27)/t19-,20+/m0/s1. The van der Waals surface area contributed by atoms with Gasteiger partial charge in [0.25, 0.3) is 0 Å². The molecule has 0 radical (unpaired) electrons. The molecule has 4 N–H and O–H groups in total. The van der Waals surface area contributed by atoms with E-state index in [-0.39, 0.29) is 18.3 Å². The summed E-state index contributed by atoms with van der Waals surface area (Å²) >= 11 is 5.94. The summed E-state index contributed by atoms with van der Waals surface area (Å²) in [4.78, 5) is 17.8. The highest BCUT2D eigenvalue weighted by Gasteiger charge is 2.40. The van der Waals surface area contributed by atoms with Crippen molar-refractivity contribution in [2.45, 2.75) is 18.9 Å². The van der Waals surface area contributed by atoms with E-state index in [1.165, 1.54) is 0 Å². The Balaban J connectivity index is 1.72. The van der Waals surface area contributed by atoms with Crippen LogP contribution in [0.3, 0.4) is 0 Å². The number of hydrogen-bond donors (Lipinski definition) is 4. The molecule has 1 aliphatic rings. The molecule has 1 aromatic heterocycles. The fourth-order valence-electron chi connectivity index (χ4n) is 3.60. The molecular formula is C22H22ClN5O3. The van der Waals surface area contributed by atoms with Crippen molar-refractivity contribution in [1.82, 2.24) is 14.8 Å². The van der Waals surface area contributed by atoms with E-state index in [2.05, 4.69) is 27.3 Å². The minimum absolute atomic E-state index is 0.0392. The lowest BCUT2D eigenvalue weighted by Crippen LogP contribution is -2.39. The van der Waals surface area contributed by atoms with Gasteiger partial charge >= 0.3 is 0 Å². The number of aromatic hydroxyl groups is 1. The SMILES string of the molecule is C=C1Nc2nc(CCCO)nn2[C@H](c2ccc(O)cc2)[C@H]1C(=O)Nc1ccc(Cl)cc1. The molecule has 31 heavy (non-hydrogen) atoms. The summed E-state index contributed by atoms with van der Waals surface area (Å²) in [7, 11) is 0. The predicted molar refractivity (Wildman–Crippen MR) is 118 cm³/mol. The van der Waals surface area contributed by atoms with Crippen molar-refractivity contribution < 1.29 is 15.0 Å². The van der Waals surface area contributed by atoms with E-state index >= 15 is 0 Å². The molecular weight excluding hydrogens is 418 g/mol. The average molecular weight is 440 g/mol. The number of rotatable bonds is 6. The third-order valence-corrected chi connectivity index (χ3v) is 5.34. The van der Waals surface area contributed by atoms with Crippen LogP contribution in [0.1, 0.15) is 23.9 Å². The van der Waals surface area contributed by atoms with Crippen LogP contribution >= 0.6 is 11.6 Å². The zero-order valence-electron chi connectivity index (χ0n) is 16.6. The van der Waals surface area contributed by atoms with Crippen LogP contribution in [0.25, 0.3) is 0 Å². The van der Waals surface area contributed by atoms with Crippen LogP contribution in [0.4, 0.5) is 11.6 Å². The van der Waals surface area contributed by atoms with Gasteiger partial charge in [-0.2, -0.15) is 10.1 Å². The Morgan fingerprint density at radius 1 is 1.19 bits per heavy atom. The van der Waals surface area contributed by atoms with Gasteiger partial charge in [-0.3, -0.25) is 4.79 Å². The zero-order valence-corrected chi connectivity index (χ0v) is 17.4. The first-order valence-electron chi connectivity index (χ1n) is 9.83. The van der Waals surface area contributed by atoms with E-state index in [0.717, 1.165) is 5.56 Å². The quantitative estimate of drug-likeness (QED) is 0.468. The Morgan fingerprint density at radius 2 is 1.90 bits per heavy atom. The minimum atomic E-state index is -0.694. The highest BCUT2D eigenvalue weighted by molar-refractivity contribution is 6.30. The normalized spacial score (nSPS) is 17.7. The lowest BCUT2D eigenvalue weighted by molar-refractivity contribution is -0.119. The number of aliphatic hydroxyl groups is 1. The van der Waals surface area contributed by atoms with Gasteiger partial charge in [0.15, 0.2) is 5.82 Å². The molecule has 0 fully saturated rings. The van der Waals surface area contributed by atoms with Crippen LogP contribution < -0.4 is 10.6 Å². The van der Waals surface area contributed by atoms with Gasteiger partial charge in [0, 0.05) is 29.4 Å². The number of phenolic OH excluding ortho intramolecular Hbond substituents is 1. The minimum Gasteiger partial charge on any atom is -0.508 e. The van der Waals surface area contributed by atoms with Crippen LogP contribution in [0, 0.1) is 5.92 Å². The second-order valence-corrected chi connectivity index (χ2v) is 7.72. The third-order valence-electron chi connectivity index (χ3n) is 5.09. The molecule has 0 saturated carbocycles. The fraction of sp³-hybridized carbons (Fsp3) is 0.227. The van der Waals surface area contributed by atoms with Gasteiger partial charge < -0.3 is 20.8 Å². The van der Waals surface area contributed by atoms with E-state index in [9.17, 15) is 9.90 Å². The number of hydrogen-bond acceptors (Lipinski definition) is 6. The summed E-state index contributed by atoms with van der Waals surface area (Å²) in [6.45, 7) is 4.11. The summed E-state index contributed by atoms with van der Waals surface area (Å²) in [5.41, 5.74) is 1.87. The van der Waals surface area contributed by atoms with E-state index in [1.807, 2.05) is 0 Å². The molecule has 2 heterocycles. The Morgan fingerprint density at radius 3 is 2.58 bits per heavy atom. The molecule has 3 aromatic rings. The molecule has 0 unspecified atom stereocenters. The van der Waals surface area contributed by atoms with Gasteiger partial charge in [0.05, 0.1) is 6.04 Å². The number of carbonyl (C=O) groups is 1. The number of carbonyl (C=O) groups excluding carboxylic acids is 1. The molecule has 0 saturated heterocycles. The number of fused-ring (bicyclic) bond motifs is 1. The number of halogens is 1. The second kappa shape index (κ2) is 8.79. The Labute approximate surface area is 184 Å². The first kappa shape index (κ1) is 20.9. The maximum atomic E-state index is 13.3. The smallest absolute Gasteiger partial charge is 0.235 e. The number of benzene rings is 2. The maximum absolute atomic E-state index is 13.3. The molecule has 2 aromatic carbocycles. The van der Waals surface area contributed by atoms with Gasteiger partial charge in [-0.15, -0.1) is 0 Å². The Kier molecular flexibility index (Phi) is 5.92. The molecule has 1 aliphatic heterocycles. The highest BCUT2D eigenvalue weighted by atomic mass is 35.5. The van der Waals surface area contributed by atoms with Crippen LogP contribution in [0.5, 0.6) is 5.75 Å². The van der Waals surface area contributed by atoms with E-state index in [1.54, 1.807) is 53.2 Å². The van der Waals surface area contributed by atoms with E-state index < -0.39 is 12.0 Å². The lowest BCUT2D eigenvalue weighted by atomic mass is 9.88. The molecule has 4 rings (SSSR count). The van der Waals surface area contributed by atoms with E-state index in [4.69, 9.17) is 16.7 Å². The third kappa shape index (κ3) is 4.40. The predicted octanol–water partition coefficient (Wildman–Crippen LogP) is 3.35. The highest BCUT2D eigenvalue weighted by Crippen LogP contribution is 2.38. The van der Waals surface area contributed by atoms with Gasteiger partial charge in [-0.05, 0) is 48.4 Å². The number of aliphatic hydroxyl groups excluding tert-OH is 1. The average Bonchev–Trinajstić information content (AvgIpc) is 3.15. The largest absolute Gasteiger partial charge is 0.508 e. The number of anilines is 2. The number of aromatic nitrogens is 3. The molecule has 0 aliphatic carbocycles. The van der Waals surface area contributed by atoms with Gasteiger partial charge in [0.1, 0.15) is 11.7 Å². The first-order chi connectivity index (χ1) is 15.0. The topological polar surface area (TPSA) is 112 Å². The van der Waals surface area contributed by atoms with Crippen molar-refractivity contribution in [2.75, 3.05) is 17.2 Å². The van der Waals surface area contributed by atoms with Gasteiger partial charge in [-0.25, -0.2) is 4.68 Å². The van der Waals surface area contributed by atoms with Crippen LogP contribution in [0.15, 0.2) is 60.8 Å². The summed E-state index contributed by atoms with van der Waals surface area (Å²) in [5, 5.41) is 30.0.